The van der Waals surface area contributed by atoms with Crippen molar-refractivity contribution in [1.82, 2.24) is 0 Å². The summed E-state index contributed by atoms with van der Waals surface area (Å²) in [6.45, 7) is 0. The van der Waals surface area contributed by atoms with E-state index in [1.54, 1.807) is 0 Å². The Morgan fingerprint density at radius 3 is 1.65 bits per heavy atom. The van der Waals surface area contributed by atoms with Gasteiger partial charge in [-0.2, -0.15) is 0 Å². The molecule has 0 aliphatic rings. The van der Waals surface area contributed by atoms with Crippen LogP contribution in [0, 0.1) is 0 Å². The molecule has 0 aromatic heterocycles. The number of fused-ring (bicyclic) bond motifs is 4. The fraction of sp³-hybridized carbons (Fsp3) is 0. The maximum Gasteiger partial charge on any atom is 0.0636 e. The Hall–Kier alpha value is -5.20. The molecule has 0 radical (unpaired) electrons. The topological polar surface area (TPSA) is 0 Å². The Morgan fingerprint density at radius 1 is 0.375 bits per heavy atom. The first kappa shape index (κ1) is 9.77. The van der Waals surface area contributed by atoms with Gasteiger partial charge in [-0.1, -0.05) is 145 Å². The summed E-state index contributed by atoms with van der Waals surface area (Å²) in [6, 6.07) is -10.6. The number of hydrogen-bond acceptors (Lipinski definition) is 0. The summed E-state index contributed by atoms with van der Waals surface area (Å²) in [5.74, 6) is 0. The third-order valence-corrected chi connectivity index (χ3v) is 6.63. The van der Waals surface area contributed by atoms with E-state index in [1.165, 1.54) is 24.3 Å². The molecular formula is C40H26. The molecule has 8 rings (SSSR count). The zero-order valence-electron chi connectivity index (χ0n) is 42.3. The highest BCUT2D eigenvalue weighted by molar-refractivity contribution is 6.23. The summed E-state index contributed by atoms with van der Waals surface area (Å²) in [5.41, 5.74) is -1.55. The maximum absolute atomic E-state index is 9.31. The zero-order valence-corrected chi connectivity index (χ0v) is 20.3. The molecule has 0 saturated carbocycles. The summed E-state index contributed by atoms with van der Waals surface area (Å²) in [4.78, 5) is 0. The monoisotopic (exact) mass is 528 g/mol. The minimum absolute atomic E-state index is 0.00711. The molecule has 8 aromatic carbocycles. The minimum atomic E-state index is -0.844. The molecule has 186 valence electrons. The van der Waals surface area contributed by atoms with Crippen LogP contribution >= 0.6 is 0 Å². The molecule has 0 fully saturated rings. The van der Waals surface area contributed by atoms with Gasteiger partial charge in [0.1, 0.15) is 0 Å². The lowest BCUT2D eigenvalue weighted by molar-refractivity contribution is 1.63. The van der Waals surface area contributed by atoms with Crippen molar-refractivity contribution in [1.29, 1.82) is 0 Å². The molecule has 0 amide bonds. The SMILES string of the molecule is [2H]c1c([2H])c([2H])c2c([2H])c(-c3cccc(-c4c5c([2H])c([2H])c([2H])c([2H])c5c(-c5c([2H])c([2H])c([2H])c6c([2H])c([2H])c([2H])c([2H])c56)c5c([2H])c([2H])c([2H])c([2H])c45)c3)c([2H])c([2H])c2c1[2H]. The van der Waals surface area contributed by atoms with Gasteiger partial charge in [0.2, 0.25) is 0 Å². The van der Waals surface area contributed by atoms with Gasteiger partial charge in [-0.25, -0.2) is 0 Å². The van der Waals surface area contributed by atoms with Crippen molar-refractivity contribution in [2.75, 3.05) is 0 Å². The van der Waals surface area contributed by atoms with E-state index in [2.05, 4.69) is 0 Å². The van der Waals surface area contributed by atoms with Crippen LogP contribution in [-0.2, 0) is 0 Å². The van der Waals surface area contributed by atoms with Gasteiger partial charge in [0.25, 0.3) is 0 Å². The molecule has 0 unspecified atom stereocenters. The largest absolute Gasteiger partial charge is 0.0636 e. The fourth-order valence-corrected chi connectivity index (χ4v) is 4.92. The highest BCUT2D eigenvalue weighted by Crippen LogP contribution is 2.45. The van der Waals surface area contributed by atoms with E-state index >= 15 is 0 Å². The molecule has 0 aliphatic heterocycles. The molecule has 0 bridgehead atoms. The Morgan fingerprint density at radius 2 is 0.925 bits per heavy atom. The Labute approximate surface area is 264 Å². The van der Waals surface area contributed by atoms with E-state index in [0.717, 1.165) is 0 Å². The predicted molar refractivity (Wildman–Crippen MR) is 173 cm³/mol. The van der Waals surface area contributed by atoms with Crippen LogP contribution in [-0.4, -0.2) is 0 Å². The van der Waals surface area contributed by atoms with Gasteiger partial charge in [-0.3, -0.25) is 0 Å². The molecule has 0 spiro atoms. The second-order valence-corrected chi connectivity index (χ2v) is 8.83. The molecule has 0 N–H and O–H groups in total. The Kier molecular flexibility index (Phi) is 2.25. The molecule has 0 atom stereocenters. The van der Waals surface area contributed by atoms with E-state index < -0.39 is 166 Å². The van der Waals surface area contributed by atoms with E-state index in [0.29, 0.717) is 0 Å². The Balaban J connectivity index is 1.65. The molecule has 40 heavy (non-hydrogen) atoms. The lowest BCUT2D eigenvalue weighted by Crippen LogP contribution is -1.92. The maximum atomic E-state index is 9.31. The van der Waals surface area contributed by atoms with Crippen LogP contribution < -0.4 is 0 Å². The first-order valence-electron chi connectivity index (χ1n) is 23.1. The first-order chi connectivity index (χ1) is 29.0. The first-order valence-corrected chi connectivity index (χ1v) is 12.1. The zero-order chi connectivity index (χ0) is 45.6. The smallest absolute Gasteiger partial charge is 0.0616 e. The van der Waals surface area contributed by atoms with Crippen LogP contribution in [0.5, 0.6) is 0 Å². The van der Waals surface area contributed by atoms with Gasteiger partial charge in [0, 0.05) is 0 Å². The van der Waals surface area contributed by atoms with Crippen LogP contribution in [0.4, 0.5) is 0 Å². The highest BCUT2D eigenvalue weighted by atomic mass is 14.2. The van der Waals surface area contributed by atoms with E-state index in [-0.39, 0.29) is 43.8 Å². The van der Waals surface area contributed by atoms with Crippen LogP contribution in [0.15, 0.2) is 157 Å². The van der Waals surface area contributed by atoms with E-state index in [9.17, 15) is 6.85 Å². The van der Waals surface area contributed by atoms with Gasteiger partial charge in [-0.05, 0) is 88.6 Å². The van der Waals surface area contributed by atoms with Crippen molar-refractivity contribution in [3.8, 4) is 33.4 Å². The predicted octanol–water partition coefficient (Wildman–Crippen LogP) is 11.3. The van der Waals surface area contributed by atoms with Gasteiger partial charge in [-0.15, -0.1) is 0 Å². The molecule has 0 heteroatoms. The van der Waals surface area contributed by atoms with Crippen molar-refractivity contribution in [2.45, 2.75) is 0 Å². The lowest BCUT2D eigenvalue weighted by atomic mass is 9.84. The van der Waals surface area contributed by atoms with Gasteiger partial charge >= 0.3 is 0 Å². The van der Waals surface area contributed by atoms with E-state index in [1.807, 2.05) is 0 Å². The quantitative estimate of drug-likeness (QED) is 0.200. The summed E-state index contributed by atoms with van der Waals surface area (Å²) in [7, 11) is 0. The van der Waals surface area contributed by atoms with E-state index in [4.69, 9.17) is 23.3 Å². The molecule has 0 heterocycles. The molecule has 0 saturated heterocycles. The summed E-state index contributed by atoms with van der Waals surface area (Å²) < 4.78 is 194. The van der Waals surface area contributed by atoms with Crippen molar-refractivity contribution in [2.24, 2.45) is 0 Å². The normalized spacial score (nSPS) is 19.2. The van der Waals surface area contributed by atoms with Crippen molar-refractivity contribution >= 4 is 43.1 Å². The second-order valence-electron chi connectivity index (χ2n) is 8.83. The van der Waals surface area contributed by atoms with Crippen molar-refractivity contribution in [3.05, 3.63) is 157 Å². The van der Waals surface area contributed by atoms with Crippen LogP contribution in [0.3, 0.4) is 0 Å². The third-order valence-electron chi connectivity index (χ3n) is 6.63. The van der Waals surface area contributed by atoms with Crippen LogP contribution in [0.25, 0.3) is 76.5 Å². The molecule has 0 nitrogen and oxygen atoms in total. The second kappa shape index (κ2) is 9.22. The van der Waals surface area contributed by atoms with Crippen LogP contribution in [0.1, 0.15) is 30.2 Å². The van der Waals surface area contributed by atoms with Crippen molar-refractivity contribution < 1.29 is 30.2 Å². The Bertz CT molecular complexity index is 3340. The summed E-state index contributed by atoms with van der Waals surface area (Å²) >= 11 is 0. The van der Waals surface area contributed by atoms with Crippen molar-refractivity contribution in [3.63, 3.8) is 0 Å². The standard InChI is InChI=1S/C40H26/c1-2-13-29-25-31(24-23-27(29)11-1)30-15-9-16-32(26-30)39-35-18-5-7-20-37(35)40(38-21-8-6-19-36(38)39)34-22-10-14-28-12-3-4-17-33(28)34/h1-26H/i1D,2D,3D,4D,5D,6D,7D,8D,10D,11D,12D,13D,14D,17D,18D,19D,20D,21D,22D,23D,24D,25D. The average Bonchev–Trinajstić information content (AvgIpc) is 3.25. The van der Waals surface area contributed by atoms with Gasteiger partial charge < -0.3 is 0 Å². The average molecular weight is 529 g/mol. The number of benzene rings is 8. The third kappa shape index (κ3) is 3.61. The van der Waals surface area contributed by atoms with Gasteiger partial charge in [0.05, 0.1) is 30.2 Å². The molecular weight excluding hydrogens is 480 g/mol. The molecule has 0 aliphatic carbocycles. The highest BCUT2D eigenvalue weighted by Gasteiger charge is 2.18. The summed E-state index contributed by atoms with van der Waals surface area (Å²) in [6.07, 6.45) is 0. The molecule has 8 aromatic rings. The minimum Gasteiger partial charge on any atom is -0.0616 e. The number of rotatable bonds is 3. The summed E-state index contributed by atoms with van der Waals surface area (Å²) in [5, 5.41) is -3.43. The van der Waals surface area contributed by atoms with Gasteiger partial charge in [0.15, 0.2) is 0 Å². The fourth-order valence-electron chi connectivity index (χ4n) is 4.92. The lowest BCUT2D eigenvalue weighted by Gasteiger charge is -2.19. The van der Waals surface area contributed by atoms with Crippen LogP contribution in [0.2, 0.25) is 0 Å². The number of hydrogen-bond donors (Lipinski definition) is 0.